The zero-order valence-corrected chi connectivity index (χ0v) is 16.1. The van der Waals surface area contributed by atoms with Crippen molar-refractivity contribution in [2.24, 2.45) is 0 Å². The second-order valence-corrected chi connectivity index (χ2v) is 6.83. The first-order valence-electron chi connectivity index (χ1n) is 8.43. The van der Waals surface area contributed by atoms with Gasteiger partial charge in [-0.05, 0) is 41.8 Å². The van der Waals surface area contributed by atoms with Crippen LogP contribution in [0.15, 0.2) is 64.6 Å². The summed E-state index contributed by atoms with van der Waals surface area (Å²) in [5, 5.41) is 2.00. The van der Waals surface area contributed by atoms with Gasteiger partial charge in [-0.15, -0.1) is 11.3 Å². The minimum atomic E-state index is -0.0994. The van der Waals surface area contributed by atoms with Gasteiger partial charge in [0.2, 0.25) is 5.91 Å². The van der Waals surface area contributed by atoms with Crippen molar-refractivity contribution in [3.63, 3.8) is 0 Å². The average molecular weight is 383 g/mol. The Morgan fingerprint density at radius 1 is 1.15 bits per heavy atom. The molecule has 0 radical (unpaired) electrons. The summed E-state index contributed by atoms with van der Waals surface area (Å²) in [5.41, 5.74) is 0.806. The van der Waals surface area contributed by atoms with Crippen molar-refractivity contribution in [3.8, 4) is 11.5 Å². The third-order valence-corrected chi connectivity index (χ3v) is 4.87. The van der Waals surface area contributed by atoms with Crippen LogP contribution in [0.25, 0.3) is 6.08 Å². The highest BCUT2D eigenvalue weighted by Crippen LogP contribution is 2.25. The summed E-state index contributed by atoms with van der Waals surface area (Å²) in [4.78, 5) is 15.7. The molecule has 5 nitrogen and oxygen atoms in total. The molecular weight excluding hydrogens is 362 g/mol. The van der Waals surface area contributed by atoms with Gasteiger partial charge in [-0.2, -0.15) is 0 Å². The van der Waals surface area contributed by atoms with E-state index in [9.17, 15) is 4.79 Å². The Balaban J connectivity index is 1.78. The Hall–Kier alpha value is -2.99. The third-order valence-electron chi connectivity index (χ3n) is 4.01. The number of hydrogen-bond acceptors (Lipinski definition) is 5. The fourth-order valence-electron chi connectivity index (χ4n) is 2.62. The lowest BCUT2D eigenvalue weighted by molar-refractivity contribution is -0.127. The van der Waals surface area contributed by atoms with Crippen LogP contribution in [0.5, 0.6) is 11.5 Å². The molecule has 0 aliphatic heterocycles. The molecule has 3 aromatic rings. The van der Waals surface area contributed by atoms with Crippen molar-refractivity contribution < 1.29 is 18.7 Å². The van der Waals surface area contributed by atoms with E-state index >= 15 is 0 Å². The maximum atomic E-state index is 12.8. The largest absolute Gasteiger partial charge is 0.497 e. The molecule has 0 fully saturated rings. The molecule has 0 spiro atoms. The number of benzene rings is 1. The van der Waals surface area contributed by atoms with Crippen LogP contribution >= 0.6 is 11.3 Å². The van der Waals surface area contributed by atoms with E-state index in [1.807, 2.05) is 41.8 Å². The molecule has 1 amide bonds. The van der Waals surface area contributed by atoms with E-state index in [2.05, 4.69) is 0 Å². The number of amides is 1. The lowest BCUT2D eigenvalue weighted by Gasteiger charge is -2.19. The van der Waals surface area contributed by atoms with Crippen molar-refractivity contribution in [2.75, 3.05) is 14.2 Å². The van der Waals surface area contributed by atoms with Gasteiger partial charge in [-0.25, -0.2) is 0 Å². The zero-order valence-electron chi connectivity index (χ0n) is 15.3. The molecule has 27 heavy (non-hydrogen) atoms. The quantitative estimate of drug-likeness (QED) is 0.534. The molecule has 140 valence electrons. The number of carbonyl (C=O) groups is 1. The van der Waals surface area contributed by atoms with Crippen molar-refractivity contribution in [2.45, 2.75) is 13.1 Å². The van der Waals surface area contributed by atoms with Crippen LogP contribution < -0.4 is 9.47 Å². The van der Waals surface area contributed by atoms with Crippen LogP contribution in [0.2, 0.25) is 0 Å². The van der Waals surface area contributed by atoms with Crippen LogP contribution in [0.1, 0.15) is 16.2 Å². The predicted octanol–water partition coefficient (Wildman–Crippen LogP) is 4.60. The fraction of sp³-hybridized carbons (Fsp3) is 0.190. The van der Waals surface area contributed by atoms with Gasteiger partial charge in [-0.1, -0.05) is 6.07 Å². The normalized spacial score (nSPS) is 10.9. The second kappa shape index (κ2) is 9.09. The number of carbonyl (C=O) groups excluding carboxylic acids is 1. The first kappa shape index (κ1) is 18.8. The first-order chi connectivity index (χ1) is 13.2. The topological polar surface area (TPSA) is 51.9 Å². The number of ether oxygens (including phenoxy) is 2. The van der Waals surface area contributed by atoms with Crippen molar-refractivity contribution in [1.82, 2.24) is 4.90 Å². The van der Waals surface area contributed by atoms with E-state index in [1.54, 1.807) is 54.9 Å². The minimum absolute atomic E-state index is 0.0994. The molecule has 0 saturated heterocycles. The van der Waals surface area contributed by atoms with Gasteiger partial charge in [0.05, 0.1) is 33.6 Å². The third kappa shape index (κ3) is 5.01. The SMILES string of the molecule is COc1ccc(/C=C/C(=O)N(Cc2ccco2)Cc2cccs2)c(OC)c1. The highest BCUT2D eigenvalue weighted by Gasteiger charge is 2.14. The Bertz CT molecular complexity index is 849. The fourth-order valence-corrected chi connectivity index (χ4v) is 3.34. The molecule has 1 aromatic carbocycles. The highest BCUT2D eigenvalue weighted by atomic mass is 32.1. The van der Waals surface area contributed by atoms with E-state index in [1.165, 1.54) is 0 Å². The van der Waals surface area contributed by atoms with Crippen molar-refractivity contribution in [3.05, 3.63) is 76.4 Å². The van der Waals surface area contributed by atoms with Crippen LogP contribution in [0.4, 0.5) is 0 Å². The first-order valence-corrected chi connectivity index (χ1v) is 9.31. The summed E-state index contributed by atoms with van der Waals surface area (Å²) >= 11 is 1.62. The molecule has 2 heterocycles. The van der Waals surface area contributed by atoms with Crippen molar-refractivity contribution in [1.29, 1.82) is 0 Å². The van der Waals surface area contributed by atoms with Gasteiger partial charge in [0.1, 0.15) is 17.3 Å². The lowest BCUT2D eigenvalue weighted by atomic mass is 10.1. The Kier molecular flexibility index (Phi) is 6.33. The van der Waals surface area contributed by atoms with Gasteiger partial charge in [0.15, 0.2) is 0 Å². The predicted molar refractivity (Wildman–Crippen MR) is 106 cm³/mol. The number of furan rings is 1. The van der Waals surface area contributed by atoms with E-state index in [-0.39, 0.29) is 5.91 Å². The second-order valence-electron chi connectivity index (χ2n) is 5.79. The Morgan fingerprint density at radius 3 is 2.70 bits per heavy atom. The number of rotatable bonds is 8. The minimum Gasteiger partial charge on any atom is -0.497 e. The van der Waals surface area contributed by atoms with Crippen LogP contribution in [-0.4, -0.2) is 25.0 Å². The number of methoxy groups -OCH3 is 2. The van der Waals surface area contributed by atoms with E-state index in [4.69, 9.17) is 13.9 Å². The van der Waals surface area contributed by atoms with Gasteiger partial charge in [0, 0.05) is 22.6 Å². The molecule has 0 saturated carbocycles. The van der Waals surface area contributed by atoms with Crippen molar-refractivity contribution >= 4 is 23.3 Å². The molecule has 0 aliphatic carbocycles. The maximum Gasteiger partial charge on any atom is 0.247 e. The van der Waals surface area contributed by atoms with Gasteiger partial charge in [-0.3, -0.25) is 4.79 Å². The van der Waals surface area contributed by atoms with E-state index in [0.717, 1.165) is 16.2 Å². The summed E-state index contributed by atoms with van der Waals surface area (Å²) in [7, 11) is 3.19. The van der Waals surface area contributed by atoms with Gasteiger partial charge < -0.3 is 18.8 Å². The Morgan fingerprint density at radius 2 is 2.04 bits per heavy atom. The molecule has 0 N–H and O–H groups in total. The molecule has 0 aliphatic rings. The smallest absolute Gasteiger partial charge is 0.247 e. The van der Waals surface area contributed by atoms with Crippen LogP contribution in [0.3, 0.4) is 0 Å². The maximum absolute atomic E-state index is 12.8. The molecule has 0 unspecified atom stereocenters. The monoisotopic (exact) mass is 383 g/mol. The summed E-state index contributed by atoms with van der Waals surface area (Å²) in [5.74, 6) is 2.00. The summed E-state index contributed by atoms with van der Waals surface area (Å²) < 4.78 is 16.0. The standard InChI is InChI=1S/C21H21NO4S/c1-24-17-9-7-16(20(13-17)25-2)8-10-21(23)22(14-18-5-3-11-26-18)15-19-6-4-12-27-19/h3-13H,14-15H2,1-2H3/b10-8+. The van der Waals surface area contributed by atoms with Gasteiger partial charge in [0.25, 0.3) is 0 Å². The summed E-state index contributed by atoms with van der Waals surface area (Å²) in [6.07, 6.45) is 4.92. The highest BCUT2D eigenvalue weighted by molar-refractivity contribution is 7.09. The van der Waals surface area contributed by atoms with Crippen LogP contribution in [-0.2, 0) is 17.9 Å². The zero-order chi connectivity index (χ0) is 19.1. The number of nitrogens with zero attached hydrogens (tertiary/aromatic N) is 1. The molecule has 3 rings (SSSR count). The molecule has 0 bridgehead atoms. The van der Waals surface area contributed by atoms with E-state index < -0.39 is 0 Å². The lowest BCUT2D eigenvalue weighted by Crippen LogP contribution is -2.28. The average Bonchev–Trinajstić information content (AvgIpc) is 3.39. The number of thiophene rings is 1. The molecule has 2 aromatic heterocycles. The summed E-state index contributed by atoms with van der Waals surface area (Å²) in [6.45, 7) is 0.940. The molecule has 0 atom stereocenters. The number of hydrogen-bond donors (Lipinski definition) is 0. The van der Waals surface area contributed by atoms with E-state index in [0.29, 0.717) is 24.6 Å². The molecule has 6 heteroatoms. The summed E-state index contributed by atoms with van der Waals surface area (Å²) in [6, 6.07) is 13.2. The van der Waals surface area contributed by atoms with Gasteiger partial charge >= 0.3 is 0 Å². The molecular formula is C21H21NO4S. The Labute approximate surface area is 162 Å². The van der Waals surface area contributed by atoms with Crippen LogP contribution in [0, 0.1) is 0 Å².